The number of nitrogens with zero attached hydrogens (tertiary/aromatic N) is 3. The summed E-state index contributed by atoms with van der Waals surface area (Å²) in [7, 11) is 1.84. The molecule has 6 heteroatoms. The van der Waals surface area contributed by atoms with Crippen molar-refractivity contribution < 1.29 is 4.74 Å². The van der Waals surface area contributed by atoms with Crippen molar-refractivity contribution in [2.75, 3.05) is 39.8 Å². The van der Waals surface area contributed by atoms with Crippen LogP contribution in [0.2, 0.25) is 0 Å². The molecule has 25 heavy (non-hydrogen) atoms. The number of ether oxygens (including phenoxy) is 1. The Kier molecular flexibility index (Phi) is 8.27. The van der Waals surface area contributed by atoms with E-state index in [1.54, 1.807) is 0 Å². The smallest absolute Gasteiger partial charge is 0.191 e. The lowest BCUT2D eigenvalue weighted by atomic mass is 9.91. The Hall–Kier alpha value is -0.0800. The topological polar surface area (TPSA) is 54.1 Å². The zero-order valence-electron chi connectivity index (χ0n) is 16.1. The summed E-state index contributed by atoms with van der Waals surface area (Å²) in [6.45, 7) is 7.63. The van der Waals surface area contributed by atoms with Crippen molar-refractivity contribution in [1.29, 1.82) is 0 Å². The molecule has 1 atom stereocenters. The fraction of sp³-hybridized carbons (Fsp3) is 0.947. The van der Waals surface area contributed by atoms with Crippen LogP contribution in [0.4, 0.5) is 0 Å². The molecule has 1 saturated carbocycles. The Morgan fingerprint density at radius 3 is 2.40 bits per heavy atom. The van der Waals surface area contributed by atoms with E-state index in [1.165, 1.54) is 38.5 Å². The normalized spacial score (nSPS) is 28.8. The van der Waals surface area contributed by atoms with Crippen molar-refractivity contribution in [1.82, 2.24) is 9.80 Å². The monoisotopic (exact) mass is 464 g/mol. The van der Waals surface area contributed by atoms with Crippen molar-refractivity contribution in [3.63, 3.8) is 0 Å². The van der Waals surface area contributed by atoms with Crippen LogP contribution in [0.1, 0.15) is 58.3 Å². The number of piperidine rings is 2. The maximum absolute atomic E-state index is 6.36. The van der Waals surface area contributed by atoms with Crippen LogP contribution in [0.5, 0.6) is 0 Å². The summed E-state index contributed by atoms with van der Waals surface area (Å²) in [6.07, 6.45) is 10.5. The van der Waals surface area contributed by atoms with Gasteiger partial charge in [-0.05, 0) is 44.4 Å². The van der Waals surface area contributed by atoms with Crippen LogP contribution in [0.15, 0.2) is 4.99 Å². The molecule has 2 heterocycles. The quantitative estimate of drug-likeness (QED) is 0.395. The predicted molar refractivity (Wildman–Crippen MR) is 115 cm³/mol. The molecule has 0 aromatic heterocycles. The lowest BCUT2D eigenvalue weighted by Crippen LogP contribution is -2.54. The number of rotatable bonds is 4. The fourth-order valence-electron chi connectivity index (χ4n) is 4.90. The van der Waals surface area contributed by atoms with E-state index in [4.69, 9.17) is 15.5 Å². The third kappa shape index (κ3) is 5.22. The second-order valence-corrected chi connectivity index (χ2v) is 8.22. The van der Waals surface area contributed by atoms with Crippen LogP contribution < -0.4 is 5.73 Å². The zero-order valence-corrected chi connectivity index (χ0v) is 18.4. The number of halogens is 1. The number of hydrogen-bond donors (Lipinski definition) is 1. The van der Waals surface area contributed by atoms with E-state index in [2.05, 4.69) is 16.7 Å². The summed E-state index contributed by atoms with van der Waals surface area (Å²) in [4.78, 5) is 9.90. The molecule has 0 spiro atoms. The molecule has 0 bridgehead atoms. The molecule has 0 aromatic rings. The molecule has 2 aliphatic heterocycles. The van der Waals surface area contributed by atoms with E-state index in [0.717, 1.165) is 57.4 Å². The molecule has 5 nitrogen and oxygen atoms in total. The standard InChI is InChI=1S/C19H36N4O.HI/c1-16-6-5-11-22(14-16)18(20)21-15-19(9-3-4-10-19)23-12-7-17(24-2)8-13-23;/h16-17H,3-15H2,1-2H3,(H2,20,21);1H. The molecule has 3 aliphatic rings. The Balaban J connectivity index is 0.00000225. The van der Waals surface area contributed by atoms with Crippen molar-refractivity contribution in [2.45, 2.75) is 69.9 Å². The molecular formula is C19H37IN4O. The minimum Gasteiger partial charge on any atom is -0.381 e. The van der Waals surface area contributed by atoms with Gasteiger partial charge in [0.2, 0.25) is 0 Å². The second-order valence-electron chi connectivity index (χ2n) is 8.22. The first-order chi connectivity index (χ1) is 11.6. The van der Waals surface area contributed by atoms with Gasteiger partial charge in [0, 0.05) is 38.8 Å². The van der Waals surface area contributed by atoms with Gasteiger partial charge in [0.15, 0.2) is 5.96 Å². The minimum atomic E-state index is 0. The maximum Gasteiger partial charge on any atom is 0.191 e. The van der Waals surface area contributed by atoms with Gasteiger partial charge in [0.05, 0.1) is 12.6 Å². The number of aliphatic imine (C=N–C) groups is 1. The molecule has 0 amide bonds. The van der Waals surface area contributed by atoms with E-state index in [9.17, 15) is 0 Å². The van der Waals surface area contributed by atoms with Gasteiger partial charge in [-0.15, -0.1) is 24.0 Å². The van der Waals surface area contributed by atoms with Crippen molar-refractivity contribution in [2.24, 2.45) is 16.6 Å². The summed E-state index contributed by atoms with van der Waals surface area (Å²) < 4.78 is 5.54. The third-order valence-corrected chi connectivity index (χ3v) is 6.50. The summed E-state index contributed by atoms with van der Waals surface area (Å²) in [6, 6.07) is 0. The van der Waals surface area contributed by atoms with E-state index >= 15 is 0 Å². The van der Waals surface area contributed by atoms with E-state index < -0.39 is 0 Å². The van der Waals surface area contributed by atoms with Crippen LogP contribution in [-0.2, 0) is 4.74 Å². The van der Waals surface area contributed by atoms with Gasteiger partial charge in [-0.1, -0.05) is 19.8 Å². The molecule has 0 aromatic carbocycles. The Bertz CT molecular complexity index is 431. The average molecular weight is 464 g/mol. The highest BCUT2D eigenvalue weighted by atomic mass is 127. The Morgan fingerprint density at radius 2 is 1.80 bits per heavy atom. The molecule has 1 aliphatic carbocycles. The highest BCUT2D eigenvalue weighted by molar-refractivity contribution is 14.0. The maximum atomic E-state index is 6.36. The predicted octanol–water partition coefficient (Wildman–Crippen LogP) is 3.07. The molecule has 2 N–H and O–H groups in total. The van der Waals surface area contributed by atoms with Gasteiger partial charge in [0.1, 0.15) is 0 Å². The van der Waals surface area contributed by atoms with Crippen LogP contribution in [-0.4, -0.2) is 67.2 Å². The average Bonchev–Trinajstić information content (AvgIpc) is 3.10. The van der Waals surface area contributed by atoms with Crippen LogP contribution in [0.25, 0.3) is 0 Å². The van der Waals surface area contributed by atoms with E-state index in [-0.39, 0.29) is 29.5 Å². The zero-order chi connectivity index (χ0) is 17.0. The van der Waals surface area contributed by atoms with Gasteiger partial charge in [-0.3, -0.25) is 9.89 Å². The largest absolute Gasteiger partial charge is 0.381 e. The van der Waals surface area contributed by atoms with Crippen molar-refractivity contribution in [3.05, 3.63) is 0 Å². The van der Waals surface area contributed by atoms with Crippen LogP contribution in [0, 0.1) is 5.92 Å². The van der Waals surface area contributed by atoms with Crippen LogP contribution in [0.3, 0.4) is 0 Å². The van der Waals surface area contributed by atoms with Crippen molar-refractivity contribution in [3.8, 4) is 0 Å². The molecule has 3 rings (SSSR count). The highest BCUT2D eigenvalue weighted by Crippen LogP contribution is 2.37. The lowest BCUT2D eigenvalue weighted by molar-refractivity contribution is -0.000123. The SMILES string of the molecule is COC1CCN(C2(CN=C(N)N3CCCC(C)C3)CCCC2)CC1.I. The van der Waals surface area contributed by atoms with Gasteiger partial charge < -0.3 is 15.4 Å². The van der Waals surface area contributed by atoms with Gasteiger partial charge in [-0.25, -0.2) is 0 Å². The summed E-state index contributed by atoms with van der Waals surface area (Å²) >= 11 is 0. The van der Waals surface area contributed by atoms with Crippen LogP contribution >= 0.6 is 24.0 Å². The number of hydrogen-bond acceptors (Lipinski definition) is 3. The first-order valence-electron chi connectivity index (χ1n) is 9.96. The molecule has 3 fully saturated rings. The molecule has 0 radical (unpaired) electrons. The lowest BCUT2D eigenvalue weighted by Gasteiger charge is -2.44. The third-order valence-electron chi connectivity index (χ3n) is 6.50. The number of methoxy groups -OCH3 is 1. The first kappa shape index (κ1) is 21.2. The fourth-order valence-corrected chi connectivity index (χ4v) is 4.90. The summed E-state index contributed by atoms with van der Waals surface area (Å²) in [5.41, 5.74) is 6.61. The molecule has 146 valence electrons. The molecule has 1 unspecified atom stereocenters. The van der Waals surface area contributed by atoms with Gasteiger partial charge >= 0.3 is 0 Å². The van der Waals surface area contributed by atoms with Crippen molar-refractivity contribution >= 4 is 29.9 Å². The minimum absolute atomic E-state index is 0. The Labute approximate surface area is 170 Å². The number of likely N-dealkylation sites (tertiary alicyclic amines) is 2. The van der Waals surface area contributed by atoms with Gasteiger partial charge in [-0.2, -0.15) is 0 Å². The highest BCUT2D eigenvalue weighted by Gasteiger charge is 2.41. The Morgan fingerprint density at radius 1 is 1.12 bits per heavy atom. The number of nitrogens with two attached hydrogens (primary N) is 1. The van der Waals surface area contributed by atoms with E-state index in [0.29, 0.717) is 6.10 Å². The first-order valence-corrected chi connectivity index (χ1v) is 9.96. The van der Waals surface area contributed by atoms with Gasteiger partial charge in [0.25, 0.3) is 0 Å². The van der Waals surface area contributed by atoms with E-state index in [1.807, 2.05) is 7.11 Å². The molecular weight excluding hydrogens is 427 g/mol. The summed E-state index contributed by atoms with van der Waals surface area (Å²) in [5, 5.41) is 0. The summed E-state index contributed by atoms with van der Waals surface area (Å²) in [5.74, 6) is 1.51. The number of guanidine groups is 1. The molecule has 2 saturated heterocycles. The second kappa shape index (κ2) is 9.74.